The molecule has 1 fully saturated rings. The first-order valence-electron chi connectivity index (χ1n) is 12.5. The molecule has 0 spiro atoms. The molecule has 1 aliphatic rings. The molecular formula is C31H26FNO5S. The maximum absolute atomic E-state index is 14.0. The monoisotopic (exact) mass is 543 g/mol. The average Bonchev–Trinajstić information content (AvgIpc) is 3.21. The van der Waals surface area contributed by atoms with Crippen molar-refractivity contribution in [2.75, 3.05) is 19.8 Å². The van der Waals surface area contributed by atoms with Gasteiger partial charge in [0.15, 0.2) is 11.5 Å². The zero-order valence-corrected chi connectivity index (χ0v) is 22.1. The van der Waals surface area contributed by atoms with Crippen LogP contribution < -0.4 is 14.2 Å². The van der Waals surface area contributed by atoms with Crippen LogP contribution in [-0.4, -0.2) is 35.8 Å². The molecule has 4 aromatic carbocycles. The van der Waals surface area contributed by atoms with Gasteiger partial charge in [-0.25, -0.2) is 4.39 Å². The second-order valence-electron chi connectivity index (χ2n) is 8.68. The van der Waals surface area contributed by atoms with E-state index in [4.69, 9.17) is 14.2 Å². The number of nitrogens with zero attached hydrogens (tertiary/aromatic N) is 1. The fourth-order valence-electron chi connectivity index (χ4n) is 4.19. The van der Waals surface area contributed by atoms with E-state index in [1.807, 2.05) is 49.4 Å². The Kier molecular flexibility index (Phi) is 8.13. The van der Waals surface area contributed by atoms with Gasteiger partial charge in [-0.1, -0.05) is 60.7 Å². The molecule has 198 valence electrons. The summed E-state index contributed by atoms with van der Waals surface area (Å²) in [6.45, 7) is 2.61. The van der Waals surface area contributed by atoms with Crippen LogP contribution in [0.5, 0.6) is 17.2 Å². The van der Waals surface area contributed by atoms with Crippen LogP contribution in [0.1, 0.15) is 18.1 Å². The Hall–Kier alpha value is -4.30. The first kappa shape index (κ1) is 26.3. The van der Waals surface area contributed by atoms with Gasteiger partial charge in [0.05, 0.1) is 18.1 Å². The summed E-state index contributed by atoms with van der Waals surface area (Å²) in [7, 11) is 0. The SMILES string of the molecule is CCOc1cc(/C=C2\SC(=O)N(CCOc3cccc4ccccc34)C2=O)ccc1OCc1ccccc1F. The van der Waals surface area contributed by atoms with E-state index in [-0.39, 0.29) is 36.7 Å². The molecule has 0 aliphatic carbocycles. The minimum atomic E-state index is -0.371. The number of imide groups is 1. The summed E-state index contributed by atoms with van der Waals surface area (Å²) in [6, 6.07) is 25.3. The average molecular weight is 544 g/mol. The van der Waals surface area contributed by atoms with Gasteiger partial charge in [-0.05, 0) is 60.0 Å². The third-order valence-electron chi connectivity index (χ3n) is 6.10. The minimum absolute atomic E-state index is 0.0474. The molecule has 6 nitrogen and oxygen atoms in total. The number of hydrogen-bond donors (Lipinski definition) is 0. The van der Waals surface area contributed by atoms with Gasteiger partial charge in [-0.3, -0.25) is 14.5 Å². The predicted octanol–water partition coefficient (Wildman–Crippen LogP) is 7.07. The van der Waals surface area contributed by atoms with Gasteiger partial charge in [0.2, 0.25) is 0 Å². The molecule has 0 atom stereocenters. The van der Waals surface area contributed by atoms with Crippen LogP contribution in [-0.2, 0) is 11.4 Å². The van der Waals surface area contributed by atoms with Crippen molar-refractivity contribution in [3.05, 3.63) is 107 Å². The van der Waals surface area contributed by atoms with Crippen molar-refractivity contribution in [3.63, 3.8) is 0 Å². The molecule has 5 rings (SSSR count). The number of rotatable bonds is 10. The summed E-state index contributed by atoms with van der Waals surface area (Å²) in [6.07, 6.45) is 1.65. The van der Waals surface area contributed by atoms with Gasteiger partial charge in [0, 0.05) is 10.9 Å². The van der Waals surface area contributed by atoms with Crippen molar-refractivity contribution in [1.82, 2.24) is 4.90 Å². The molecule has 0 bridgehead atoms. The summed E-state index contributed by atoms with van der Waals surface area (Å²) in [5.74, 6) is 0.910. The summed E-state index contributed by atoms with van der Waals surface area (Å²) < 4.78 is 31.4. The largest absolute Gasteiger partial charge is 0.491 e. The molecule has 8 heteroatoms. The van der Waals surface area contributed by atoms with Gasteiger partial charge >= 0.3 is 0 Å². The predicted molar refractivity (Wildman–Crippen MR) is 150 cm³/mol. The molecular weight excluding hydrogens is 517 g/mol. The summed E-state index contributed by atoms with van der Waals surface area (Å²) in [4.78, 5) is 27.1. The smallest absolute Gasteiger partial charge is 0.293 e. The van der Waals surface area contributed by atoms with Crippen LogP contribution in [0.3, 0.4) is 0 Å². The van der Waals surface area contributed by atoms with Crippen LogP contribution in [0.2, 0.25) is 0 Å². The molecule has 2 amide bonds. The van der Waals surface area contributed by atoms with E-state index in [1.165, 1.54) is 11.0 Å². The number of fused-ring (bicyclic) bond motifs is 1. The van der Waals surface area contributed by atoms with E-state index in [0.29, 0.717) is 39.9 Å². The van der Waals surface area contributed by atoms with Gasteiger partial charge in [-0.15, -0.1) is 0 Å². The topological polar surface area (TPSA) is 65.1 Å². The molecule has 39 heavy (non-hydrogen) atoms. The van der Waals surface area contributed by atoms with Crippen molar-refractivity contribution in [2.45, 2.75) is 13.5 Å². The van der Waals surface area contributed by atoms with E-state index >= 15 is 0 Å². The van der Waals surface area contributed by atoms with Crippen molar-refractivity contribution in [2.24, 2.45) is 0 Å². The zero-order chi connectivity index (χ0) is 27.2. The van der Waals surface area contributed by atoms with E-state index in [2.05, 4.69) is 0 Å². The van der Waals surface area contributed by atoms with Crippen LogP contribution in [0.4, 0.5) is 9.18 Å². The lowest BCUT2D eigenvalue weighted by atomic mass is 10.1. The van der Waals surface area contributed by atoms with E-state index in [1.54, 1.807) is 42.5 Å². The normalized spacial score (nSPS) is 14.3. The Morgan fingerprint density at radius 3 is 2.49 bits per heavy atom. The Bertz CT molecular complexity index is 1550. The number of carbonyl (C=O) groups is 2. The zero-order valence-electron chi connectivity index (χ0n) is 21.3. The summed E-state index contributed by atoms with van der Waals surface area (Å²) >= 11 is 0.887. The van der Waals surface area contributed by atoms with Crippen LogP contribution >= 0.6 is 11.8 Å². The number of halogens is 1. The highest BCUT2D eigenvalue weighted by molar-refractivity contribution is 8.18. The molecule has 4 aromatic rings. The van der Waals surface area contributed by atoms with Gasteiger partial charge in [0.1, 0.15) is 24.8 Å². The van der Waals surface area contributed by atoms with Crippen molar-refractivity contribution in [1.29, 1.82) is 0 Å². The summed E-state index contributed by atoms with van der Waals surface area (Å²) in [5, 5.41) is 1.68. The third-order valence-corrected chi connectivity index (χ3v) is 7.01. The van der Waals surface area contributed by atoms with Crippen LogP contribution in [0.15, 0.2) is 89.8 Å². The first-order valence-corrected chi connectivity index (χ1v) is 13.3. The molecule has 0 aromatic heterocycles. The second-order valence-corrected chi connectivity index (χ2v) is 9.67. The van der Waals surface area contributed by atoms with Crippen LogP contribution in [0.25, 0.3) is 16.8 Å². The number of ether oxygens (including phenoxy) is 3. The lowest BCUT2D eigenvalue weighted by Crippen LogP contribution is -2.32. The van der Waals surface area contributed by atoms with Crippen LogP contribution in [0, 0.1) is 5.82 Å². The van der Waals surface area contributed by atoms with Gasteiger partial charge < -0.3 is 14.2 Å². The highest BCUT2D eigenvalue weighted by Crippen LogP contribution is 2.35. The Balaban J connectivity index is 1.25. The highest BCUT2D eigenvalue weighted by atomic mass is 32.2. The highest BCUT2D eigenvalue weighted by Gasteiger charge is 2.34. The van der Waals surface area contributed by atoms with Gasteiger partial charge in [-0.2, -0.15) is 0 Å². The second kappa shape index (κ2) is 12.0. The molecule has 0 N–H and O–H groups in total. The first-order chi connectivity index (χ1) is 19.0. The number of hydrogen-bond acceptors (Lipinski definition) is 6. The molecule has 0 radical (unpaired) electrons. The standard InChI is InChI=1S/C31H26FNO5S/c1-2-36-28-18-21(14-15-27(28)38-20-23-9-4-6-12-25(23)32)19-29-30(34)33(31(35)39-29)16-17-37-26-13-7-10-22-8-3-5-11-24(22)26/h3-15,18-19H,2,16-17,20H2,1H3/b29-19-. The minimum Gasteiger partial charge on any atom is -0.491 e. The lowest BCUT2D eigenvalue weighted by Gasteiger charge is -2.14. The van der Waals surface area contributed by atoms with Gasteiger partial charge in [0.25, 0.3) is 11.1 Å². The van der Waals surface area contributed by atoms with E-state index in [9.17, 15) is 14.0 Å². The Labute approximate surface area is 230 Å². The molecule has 1 aliphatic heterocycles. The van der Waals surface area contributed by atoms with Crippen molar-refractivity contribution in [3.8, 4) is 17.2 Å². The molecule has 0 unspecified atom stereocenters. The van der Waals surface area contributed by atoms with E-state index in [0.717, 1.165) is 22.5 Å². The number of amides is 2. The lowest BCUT2D eigenvalue weighted by molar-refractivity contribution is -0.123. The van der Waals surface area contributed by atoms with Crippen molar-refractivity contribution >= 4 is 39.8 Å². The fourth-order valence-corrected chi connectivity index (χ4v) is 5.05. The number of thioether (sulfide) groups is 1. The third kappa shape index (κ3) is 6.07. The number of benzene rings is 4. The Morgan fingerprint density at radius 1 is 0.846 bits per heavy atom. The van der Waals surface area contributed by atoms with E-state index < -0.39 is 0 Å². The Morgan fingerprint density at radius 2 is 1.64 bits per heavy atom. The molecule has 1 saturated heterocycles. The molecule has 1 heterocycles. The number of carbonyl (C=O) groups excluding carboxylic acids is 2. The quantitative estimate of drug-likeness (QED) is 0.199. The summed E-state index contributed by atoms with van der Waals surface area (Å²) in [5.41, 5.74) is 1.11. The fraction of sp³-hybridized carbons (Fsp3) is 0.161. The maximum atomic E-state index is 14.0. The molecule has 0 saturated carbocycles. The van der Waals surface area contributed by atoms with Crippen molar-refractivity contribution < 1.29 is 28.2 Å². The maximum Gasteiger partial charge on any atom is 0.293 e.